The summed E-state index contributed by atoms with van der Waals surface area (Å²) in [4.78, 5) is 13.1. The van der Waals surface area contributed by atoms with E-state index < -0.39 is 22.0 Å². The van der Waals surface area contributed by atoms with Crippen LogP contribution in [0.3, 0.4) is 0 Å². The minimum atomic E-state index is -4.05. The standard InChI is InChI=1S/C27H32N2O7S/c1-33-23-12-10-20(17-25(23)35-3)14-15-28-27(30)22(16-19-8-6-5-7-9-19)29-37(31,32)21-11-13-24(34-2)26(18-21)36-4/h5-13,17-18,22,29H,14-16H2,1-4H3,(H,28,30). The number of nitrogens with one attached hydrogen (secondary N) is 2. The highest BCUT2D eigenvalue weighted by molar-refractivity contribution is 7.89. The molecular weight excluding hydrogens is 496 g/mol. The Labute approximate surface area is 217 Å². The van der Waals surface area contributed by atoms with Crippen molar-refractivity contribution in [3.8, 4) is 23.0 Å². The maximum absolute atomic E-state index is 13.2. The molecule has 0 spiro atoms. The summed E-state index contributed by atoms with van der Waals surface area (Å²) >= 11 is 0. The fourth-order valence-electron chi connectivity index (χ4n) is 3.77. The summed E-state index contributed by atoms with van der Waals surface area (Å²) in [5, 5.41) is 2.85. The number of rotatable bonds is 13. The molecule has 1 atom stereocenters. The molecule has 0 aliphatic heterocycles. The Morgan fingerprint density at radius 3 is 1.97 bits per heavy atom. The maximum Gasteiger partial charge on any atom is 0.241 e. The third-order valence-electron chi connectivity index (χ3n) is 5.72. The molecule has 3 aromatic rings. The second-order valence-corrected chi connectivity index (χ2v) is 9.82. The smallest absolute Gasteiger partial charge is 0.241 e. The van der Waals surface area contributed by atoms with Crippen molar-refractivity contribution in [3.63, 3.8) is 0 Å². The Hall–Kier alpha value is -3.76. The first kappa shape index (κ1) is 27.8. The second kappa shape index (κ2) is 13.0. The van der Waals surface area contributed by atoms with E-state index in [1.807, 2.05) is 42.5 Å². The molecule has 37 heavy (non-hydrogen) atoms. The molecule has 1 unspecified atom stereocenters. The van der Waals surface area contributed by atoms with Gasteiger partial charge in [0.05, 0.1) is 33.3 Å². The molecule has 198 valence electrons. The van der Waals surface area contributed by atoms with Crippen LogP contribution >= 0.6 is 0 Å². The van der Waals surface area contributed by atoms with Gasteiger partial charge in [-0.3, -0.25) is 4.79 Å². The maximum atomic E-state index is 13.2. The molecule has 0 fully saturated rings. The van der Waals surface area contributed by atoms with Crippen molar-refractivity contribution in [1.82, 2.24) is 10.0 Å². The largest absolute Gasteiger partial charge is 0.493 e. The van der Waals surface area contributed by atoms with Crippen LogP contribution in [0.25, 0.3) is 0 Å². The molecule has 0 saturated heterocycles. The van der Waals surface area contributed by atoms with Crippen LogP contribution in [-0.4, -0.2) is 55.4 Å². The molecule has 3 rings (SSSR count). The molecule has 0 bridgehead atoms. The number of benzene rings is 3. The fraction of sp³-hybridized carbons (Fsp3) is 0.296. The molecule has 0 radical (unpaired) electrons. The molecule has 2 N–H and O–H groups in total. The van der Waals surface area contributed by atoms with Crippen LogP contribution in [0.1, 0.15) is 11.1 Å². The van der Waals surface area contributed by atoms with Gasteiger partial charge in [-0.05, 0) is 48.2 Å². The van der Waals surface area contributed by atoms with Gasteiger partial charge >= 0.3 is 0 Å². The fourth-order valence-corrected chi connectivity index (χ4v) is 4.98. The number of carbonyl (C=O) groups excluding carboxylic acids is 1. The van der Waals surface area contributed by atoms with E-state index in [2.05, 4.69) is 10.0 Å². The van der Waals surface area contributed by atoms with Crippen molar-refractivity contribution < 1.29 is 32.2 Å². The number of hydrogen-bond donors (Lipinski definition) is 2. The van der Waals surface area contributed by atoms with Crippen LogP contribution in [0.2, 0.25) is 0 Å². The van der Waals surface area contributed by atoms with Crippen LogP contribution in [0.4, 0.5) is 0 Å². The van der Waals surface area contributed by atoms with Gasteiger partial charge in [0.1, 0.15) is 6.04 Å². The highest BCUT2D eigenvalue weighted by Gasteiger charge is 2.27. The topological polar surface area (TPSA) is 112 Å². The summed E-state index contributed by atoms with van der Waals surface area (Å²) in [5.41, 5.74) is 1.75. The first-order valence-electron chi connectivity index (χ1n) is 11.6. The van der Waals surface area contributed by atoms with Gasteiger partial charge in [-0.1, -0.05) is 36.4 Å². The predicted molar refractivity (Wildman–Crippen MR) is 140 cm³/mol. The Morgan fingerprint density at radius 1 is 0.757 bits per heavy atom. The van der Waals surface area contributed by atoms with Gasteiger partial charge in [-0.25, -0.2) is 8.42 Å². The Kier molecular flexibility index (Phi) is 9.76. The summed E-state index contributed by atoms with van der Waals surface area (Å²) in [5.74, 6) is 1.44. The van der Waals surface area contributed by atoms with Crippen molar-refractivity contribution in [1.29, 1.82) is 0 Å². The van der Waals surface area contributed by atoms with Crippen molar-refractivity contribution in [2.45, 2.75) is 23.8 Å². The summed E-state index contributed by atoms with van der Waals surface area (Å²) in [6.07, 6.45) is 0.697. The summed E-state index contributed by atoms with van der Waals surface area (Å²) in [6, 6.07) is 18.0. The highest BCUT2D eigenvalue weighted by atomic mass is 32.2. The van der Waals surface area contributed by atoms with Gasteiger partial charge in [0.2, 0.25) is 15.9 Å². The minimum absolute atomic E-state index is 0.0404. The van der Waals surface area contributed by atoms with Gasteiger partial charge in [0, 0.05) is 12.6 Å². The molecule has 10 heteroatoms. The molecule has 0 saturated carbocycles. The van der Waals surface area contributed by atoms with E-state index in [4.69, 9.17) is 18.9 Å². The zero-order valence-electron chi connectivity index (χ0n) is 21.3. The lowest BCUT2D eigenvalue weighted by atomic mass is 10.1. The van der Waals surface area contributed by atoms with E-state index in [0.717, 1.165) is 11.1 Å². The van der Waals surface area contributed by atoms with Gasteiger partial charge in [0.25, 0.3) is 0 Å². The van der Waals surface area contributed by atoms with Crippen LogP contribution < -0.4 is 29.0 Å². The first-order valence-corrected chi connectivity index (χ1v) is 13.1. The molecule has 0 aromatic heterocycles. The molecule has 0 aliphatic carbocycles. The second-order valence-electron chi connectivity index (χ2n) is 8.11. The van der Waals surface area contributed by atoms with E-state index >= 15 is 0 Å². The normalized spacial score (nSPS) is 11.9. The monoisotopic (exact) mass is 528 g/mol. The molecule has 9 nitrogen and oxygen atoms in total. The predicted octanol–water partition coefficient (Wildman–Crippen LogP) is 2.97. The molecule has 3 aromatic carbocycles. The lowest BCUT2D eigenvalue weighted by Gasteiger charge is -2.19. The number of methoxy groups -OCH3 is 4. The van der Waals surface area contributed by atoms with E-state index in [1.54, 1.807) is 20.3 Å². The summed E-state index contributed by atoms with van der Waals surface area (Å²) in [6.45, 7) is 0.303. The third kappa shape index (κ3) is 7.37. The SMILES string of the molecule is COc1ccc(CCNC(=O)C(Cc2ccccc2)NS(=O)(=O)c2ccc(OC)c(OC)c2)cc1OC. The molecule has 1 amide bonds. The van der Waals surface area contributed by atoms with Crippen molar-refractivity contribution in [2.24, 2.45) is 0 Å². The van der Waals surface area contributed by atoms with Crippen LogP contribution in [0, 0.1) is 0 Å². The average Bonchev–Trinajstić information content (AvgIpc) is 2.92. The van der Waals surface area contributed by atoms with Crippen molar-refractivity contribution in [2.75, 3.05) is 35.0 Å². The van der Waals surface area contributed by atoms with E-state index in [1.165, 1.54) is 32.4 Å². The van der Waals surface area contributed by atoms with Crippen molar-refractivity contribution in [3.05, 3.63) is 77.9 Å². The van der Waals surface area contributed by atoms with E-state index in [0.29, 0.717) is 30.2 Å². The molecule has 0 heterocycles. The lowest BCUT2D eigenvalue weighted by Crippen LogP contribution is -2.48. The van der Waals surface area contributed by atoms with Crippen LogP contribution in [0.5, 0.6) is 23.0 Å². The van der Waals surface area contributed by atoms with Gasteiger partial charge in [-0.15, -0.1) is 0 Å². The molecule has 0 aliphatic rings. The van der Waals surface area contributed by atoms with Gasteiger partial charge < -0.3 is 24.3 Å². The van der Waals surface area contributed by atoms with E-state index in [-0.39, 0.29) is 17.1 Å². The van der Waals surface area contributed by atoms with Crippen LogP contribution in [0.15, 0.2) is 71.6 Å². The van der Waals surface area contributed by atoms with E-state index in [9.17, 15) is 13.2 Å². The Bertz CT molecular complexity index is 1300. The number of hydrogen-bond acceptors (Lipinski definition) is 7. The van der Waals surface area contributed by atoms with Crippen molar-refractivity contribution >= 4 is 15.9 Å². The number of sulfonamides is 1. The number of carbonyl (C=O) groups is 1. The lowest BCUT2D eigenvalue weighted by molar-refractivity contribution is -0.122. The quantitative estimate of drug-likeness (QED) is 0.351. The van der Waals surface area contributed by atoms with Gasteiger partial charge in [0.15, 0.2) is 23.0 Å². The Balaban J connectivity index is 1.76. The zero-order valence-corrected chi connectivity index (χ0v) is 22.1. The van der Waals surface area contributed by atoms with Crippen LogP contribution in [-0.2, 0) is 27.7 Å². The highest BCUT2D eigenvalue weighted by Crippen LogP contribution is 2.30. The zero-order chi connectivity index (χ0) is 26.8. The number of ether oxygens (including phenoxy) is 4. The molecular formula is C27H32N2O7S. The average molecular weight is 529 g/mol. The third-order valence-corrected chi connectivity index (χ3v) is 7.19. The van der Waals surface area contributed by atoms with Gasteiger partial charge in [-0.2, -0.15) is 4.72 Å². The minimum Gasteiger partial charge on any atom is -0.493 e. The first-order chi connectivity index (χ1) is 17.8. The summed E-state index contributed by atoms with van der Waals surface area (Å²) < 4.78 is 50.0. The Morgan fingerprint density at radius 2 is 1.35 bits per heavy atom. The number of amides is 1. The summed E-state index contributed by atoms with van der Waals surface area (Å²) in [7, 11) is 1.96.